The number of hydrogen-bond donors (Lipinski definition) is 4. The van der Waals surface area contributed by atoms with Crippen LogP contribution in [-0.4, -0.2) is 95.3 Å². The summed E-state index contributed by atoms with van der Waals surface area (Å²) in [5, 5.41) is 37.1. The molecule has 0 amide bonds. The molecule has 0 aromatic heterocycles. The zero-order chi connectivity index (χ0) is 37.2. The summed E-state index contributed by atoms with van der Waals surface area (Å²) >= 11 is 0. The fourth-order valence-corrected chi connectivity index (χ4v) is 6.74. The minimum absolute atomic E-state index is 0.0205. The molecule has 1 fully saturated rings. The molecule has 2 aliphatic heterocycles. The predicted octanol–water partition coefficient (Wildman–Crippen LogP) is 4.57. The average Bonchev–Trinajstić information content (AvgIpc) is 3.84. The van der Waals surface area contributed by atoms with E-state index < -0.39 is 47.5 Å². The van der Waals surface area contributed by atoms with Crippen molar-refractivity contribution in [3.63, 3.8) is 0 Å². The summed E-state index contributed by atoms with van der Waals surface area (Å²) in [4.78, 5) is 24.7. The molecule has 11 atom stereocenters. The Hall–Kier alpha value is -3.06. The molecule has 0 bridgehead atoms. The number of para-hydroxylation sites is 1. The van der Waals surface area contributed by atoms with Crippen LogP contribution in [0.4, 0.5) is 0 Å². The van der Waals surface area contributed by atoms with Gasteiger partial charge in [0.25, 0.3) is 0 Å². The van der Waals surface area contributed by atoms with Crippen molar-refractivity contribution in [1.29, 1.82) is 0 Å². The van der Waals surface area contributed by atoms with Crippen LogP contribution in [-0.2, 0) is 35.1 Å². The summed E-state index contributed by atoms with van der Waals surface area (Å²) in [6.45, 7) is 12.8. The highest BCUT2D eigenvalue weighted by Gasteiger charge is 2.54. The SMILES string of the molecule is CC[C@H](OC)[C@@H](C)[C@H]1O[C@@H]1C(NCc1ccccc1OC)C(C)(O)/C=C/C=C(\C)[C@@H]1OC(=O)C[C@H](O)CC[C@@](C)(O)[C@@H](OC(C)=O)/C=C/[C@@H]1C. The van der Waals surface area contributed by atoms with Crippen LogP contribution >= 0.6 is 0 Å². The standard InChI is InChI=1S/C39H59NO10/c1-10-30(46-8)26(4)35-36(50-35)37(40-23-28-15-11-12-16-31(28)47-9)39(7,45)20-13-14-24(2)34-25(3)17-18-32(48-27(5)41)38(6,44)21-19-29(42)22-33(43)49-34/h11-18,20,25-26,29-30,32,34-37,40,42,44-45H,10,19,21-23H2,1-9H3/b18-17+,20-13+,24-14+/t25-,26+,29+,30-,32-,34-,35+,36-,37?,38+,39?/m0/s1. The molecule has 2 unspecified atom stereocenters. The summed E-state index contributed by atoms with van der Waals surface area (Å²) in [6, 6.07) is 7.22. The lowest BCUT2D eigenvalue weighted by molar-refractivity contribution is -0.157. The maximum Gasteiger partial charge on any atom is 0.309 e. The molecular formula is C39H59NO10. The molecule has 4 N–H and O–H groups in total. The molecule has 0 radical (unpaired) electrons. The molecule has 1 aromatic carbocycles. The van der Waals surface area contributed by atoms with Gasteiger partial charge in [0, 0.05) is 38.0 Å². The Morgan fingerprint density at radius 3 is 2.54 bits per heavy atom. The second kappa shape index (κ2) is 18.4. The van der Waals surface area contributed by atoms with Gasteiger partial charge in [-0.15, -0.1) is 0 Å². The first-order chi connectivity index (χ1) is 23.5. The van der Waals surface area contributed by atoms with Crippen LogP contribution in [0.3, 0.4) is 0 Å². The molecule has 0 spiro atoms. The molecule has 0 saturated carbocycles. The third-order valence-electron chi connectivity index (χ3n) is 9.89. The predicted molar refractivity (Wildman–Crippen MR) is 190 cm³/mol. The van der Waals surface area contributed by atoms with Gasteiger partial charge in [0.05, 0.1) is 43.5 Å². The molecule has 50 heavy (non-hydrogen) atoms. The Morgan fingerprint density at radius 2 is 1.90 bits per heavy atom. The number of methoxy groups -OCH3 is 2. The first-order valence-corrected chi connectivity index (χ1v) is 17.6. The highest BCUT2D eigenvalue weighted by Crippen LogP contribution is 2.39. The maximum atomic E-state index is 12.9. The Morgan fingerprint density at radius 1 is 1.20 bits per heavy atom. The van der Waals surface area contributed by atoms with E-state index in [1.165, 1.54) is 6.92 Å². The Bertz CT molecular complexity index is 1350. The van der Waals surface area contributed by atoms with E-state index >= 15 is 0 Å². The number of carbonyl (C=O) groups is 2. The van der Waals surface area contributed by atoms with Crippen LogP contribution in [0.15, 0.2) is 60.2 Å². The molecule has 280 valence electrons. The number of cyclic esters (lactones) is 1. The van der Waals surface area contributed by atoms with Crippen LogP contribution < -0.4 is 10.1 Å². The van der Waals surface area contributed by atoms with Crippen molar-refractivity contribution in [2.45, 2.75) is 135 Å². The highest BCUT2D eigenvalue weighted by molar-refractivity contribution is 5.70. The first kappa shape index (κ1) is 41.4. The number of nitrogens with one attached hydrogen (secondary N) is 1. The van der Waals surface area contributed by atoms with Crippen molar-refractivity contribution in [1.82, 2.24) is 5.32 Å². The number of allylic oxidation sites excluding steroid dienone is 2. The average molecular weight is 702 g/mol. The Labute approximate surface area is 297 Å². The molecule has 11 nitrogen and oxygen atoms in total. The largest absolute Gasteiger partial charge is 0.496 e. The zero-order valence-electron chi connectivity index (χ0n) is 31.1. The topological polar surface area (TPSA) is 156 Å². The van der Waals surface area contributed by atoms with Gasteiger partial charge in [-0.25, -0.2) is 0 Å². The number of carbonyl (C=O) groups excluding carboxylic acids is 2. The van der Waals surface area contributed by atoms with Gasteiger partial charge < -0.3 is 44.3 Å². The second-order valence-corrected chi connectivity index (χ2v) is 14.2. The highest BCUT2D eigenvalue weighted by atomic mass is 16.6. The van der Waals surface area contributed by atoms with Crippen molar-refractivity contribution < 1.29 is 48.6 Å². The van der Waals surface area contributed by atoms with E-state index in [4.69, 9.17) is 23.7 Å². The normalized spacial score (nSPS) is 31.7. The summed E-state index contributed by atoms with van der Waals surface area (Å²) in [5.74, 6) is -0.658. The molecule has 2 heterocycles. The van der Waals surface area contributed by atoms with E-state index in [9.17, 15) is 24.9 Å². The van der Waals surface area contributed by atoms with Gasteiger partial charge in [-0.3, -0.25) is 9.59 Å². The maximum absolute atomic E-state index is 12.9. The van der Waals surface area contributed by atoms with Gasteiger partial charge in [0.1, 0.15) is 29.7 Å². The summed E-state index contributed by atoms with van der Waals surface area (Å²) < 4.78 is 28.7. The fraction of sp³-hybridized carbons (Fsp3) is 0.641. The van der Waals surface area contributed by atoms with Crippen LogP contribution in [0.5, 0.6) is 5.75 Å². The zero-order valence-corrected chi connectivity index (χ0v) is 31.1. The third-order valence-corrected chi connectivity index (χ3v) is 9.89. The van der Waals surface area contributed by atoms with E-state index in [0.717, 1.165) is 17.7 Å². The third kappa shape index (κ3) is 11.5. The van der Waals surface area contributed by atoms with E-state index in [1.807, 2.05) is 38.1 Å². The molecule has 1 saturated heterocycles. The van der Waals surface area contributed by atoms with E-state index in [1.54, 1.807) is 58.4 Å². The molecular weight excluding hydrogens is 642 g/mol. The van der Waals surface area contributed by atoms with Gasteiger partial charge >= 0.3 is 11.9 Å². The smallest absolute Gasteiger partial charge is 0.309 e. The lowest BCUT2D eigenvalue weighted by Crippen LogP contribution is -2.52. The van der Waals surface area contributed by atoms with Gasteiger partial charge in [-0.05, 0) is 57.7 Å². The van der Waals surface area contributed by atoms with Crippen LogP contribution in [0.1, 0.15) is 79.7 Å². The first-order valence-electron chi connectivity index (χ1n) is 17.6. The number of aliphatic hydroxyl groups is 3. The number of epoxide rings is 1. The fourth-order valence-electron chi connectivity index (χ4n) is 6.74. The number of aliphatic hydroxyl groups excluding tert-OH is 1. The number of esters is 2. The molecule has 11 heteroatoms. The van der Waals surface area contributed by atoms with Gasteiger partial charge in [-0.1, -0.05) is 63.3 Å². The minimum atomic E-state index is -1.46. The van der Waals surface area contributed by atoms with Crippen molar-refractivity contribution in [3.05, 3.63) is 65.8 Å². The van der Waals surface area contributed by atoms with Gasteiger partial charge in [0.15, 0.2) is 0 Å². The second-order valence-electron chi connectivity index (χ2n) is 14.2. The van der Waals surface area contributed by atoms with Crippen molar-refractivity contribution >= 4 is 11.9 Å². The number of hydrogen-bond acceptors (Lipinski definition) is 11. The summed E-state index contributed by atoms with van der Waals surface area (Å²) in [7, 11) is 3.33. The van der Waals surface area contributed by atoms with E-state index in [-0.39, 0.29) is 49.4 Å². The van der Waals surface area contributed by atoms with Crippen molar-refractivity contribution in [2.24, 2.45) is 11.8 Å². The number of benzene rings is 1. The quantitative estimate of drug-likeness (QED) is 0.0933. The number of rotatable bonds is 14. The Balaban J connectivity index is 1.89. The van der Waals surface area contributed by atoms with Gasteiger partial charge in [-0.2, -0.15) is 0 Å². The van der Waals surface area contributed by atoms with Crippen molar-refractivity contribution in [2.75, 3.05) is 14.2 Å². The summed E-state index contributed by atoms with van der Waals surface area (Å²) in [6.07, 6.45) is 6.27. The number of ether oxygens (including phenoxy) is 5. The Kier molecular flexibility index (Phi) is 15.3. The van der Waals surface area contributed by atoms with Crippen LogP contribution in [0, 0.1) is 11.8 Å². The lowest BCUT2D eigenvalue weighted by Gasteiger charge is -2.32. The monoisotopic (exact) mass is 701 g/mol. The molecule has 1 aromatic rings. The minimum Gasteiger partial charge on any atom is -0.496 e. The molecule has 3 rings (SSSR count). The van der Waals surface area contributed by atoms with Crippen LogP contribution in [0.2, 0.25) is 0 Å². The van der Waals surface area contributed by atoms with Gasteiger partial charge in [0.2, 0.25) is 0 Å². The van der Waals surface area contributed by atoms with E-state index in [2.05, 4.69) is 19.2 Å². The lowest BCUT2D eigenvalue weighted by atomic mass is 9.87. The van der Waals surface area contributed by atoms with Crippen LogP contribution in [0.25, 0.3) is 0 Å². The summed E-state index contributed by atoms with van der Waals surface area (Å²) in [5.41, 5.74) is -1.20. The molecule has 0 aliphatic carbocycles. The van der Waals surface area contributed by atoms with E-state index in [0.29, 0.717) is 12.1 Å². The van der Waals surface area contributed by atoms with Crippen molar-refractivity contribution in [3.8, 4) is 5.75 Å². The molecule has 2 aliphatic rings.